The SMILES string of the molecule is CC(C(=O)N[C@@H](C(=O)O)C(C)(C)C)c1ccccc1. The molecule has 0 aromatic heterocycles. The molecular formula is C15H21NO3. The first kappa shape index (κ1) is 15.2. The maximum Gasteiger partial charge on any atom is 0.326 e. The fraction of sp³-hybridized carbons (Fsp3) is 0.467. The lowest BCUT2D eigenvalue weighted by molar-refractivity contribution is -0.145. The van der Waals surface area contributed by atoms with Gasteiger partial charge >= 0.3 is 5.97 Å². The van der Waals surface area contributed by atoms with Crippen molar-refractivity contribution in [2.24, 2.45) is 5.41 Å². The molecule has 4 heteroatoms. The second kappa shape index (κ2) is 5.87. The molecule has 4 nitrogen and oxygen atoms in total. The minimum absolute atomic E-state index is 0.270. The van der Waals surface area contributed by atoms with Gasteiger partial charge in [-0.1, -0.05) is 51.1 Å². The van der Waals surface area contributed by atoms with E-state index in [2.05, 4.69) is 5.32 Å². The summed E-state index contributed by atoms with van der Waals surface area (Å²) in [5, 5.41) is 11.8. The van der Waals surface area contributed by atoms with Gasteiger partial charge < -0.3 is 10.4 Å². The smallest absolute Gasteiger partial charge is 0.326 e. The Hall–Kier alpha value is -1.84. The van der Waals surface area contributed by atoms with E-state index in [0.29, 0.717) is 0 Å². The van der Waals surface area contributed by atoms with Gasteiger partial charge in [-0.3, -0.25) is 4.79 Å². The van der Waals surface area contributed by atoms with Gasteiger partial charge in [0.2, 0.25) is 5.91 Å². The molecule has 0 aliphatic rings. The first-order valence-electron chi connectivity index (χ1n) is 6.31. The topological polar surface area (TPSA) is 66.4 Å². The van der Waals surface area contributed by atoms with Gasteiger partial charge in [-0.15, -0.1) is 0 Å². The minimum Gasteiger partial charge on any atom is -0.480 e. The molecule has 0 saturated heterocycles. The Labute approximate surface area is 113 Å². The molecule has 0 radical (unpaired) electrons. The van der Waals surface area contributed by atoms with Gasteiger partial charge in [-0.05, 0) is 17.9 Å². The Bertz CT molecular complexity index is 448. The summed E-state index contributed by atoms with van der Waals surface area (Å²) in [5.41, 5.74) is 0.343. The number of amides is 1. The van der Waals surface area contributed by atoms with Crippen molar-refractivity contribution in [2.45, 2.75) is 39.7 Å². The van der Waals surface area contributed by atoms with Crippen LogP contribution in [0.2, 0.25) is 0 Å². The Kier molecular flexibility index (Phi) is 4.70. The molecule has 2 atom stereocenters. The fourth-order valence-electron chi connectivity index (χ4n) is 1.81. The molecule has 0 fully saturated rings. The number of carboxylic acid groups (broad SMARTS) is 1. The predicted octanol–water partition coefficient (Wildman–Crippen LogP) is 2.41. The molecule has 1 aromatic carbocycles. The first-order chi connectivity index (χ1) is 8.73. The zero-order valence-corrected chi connectivity index (χ0v) is 11.8. The third-order valence-electron chi connectivity index (χ3n) is 3.09. The minimum atomic E-state index is -1.01. The molecule has 1 amide bonds. The van der Waals surface area contributed by atoms with Gasteiger partial charge in [0.25, 0.3) is 0 Å². The van der Waals surface area contributed by atoms with Crippen molar-refractivity contribution < 1.29 is 14.7 Å². The number of rotatable bonds is 4. The summed E-state index contributed by atoms with van der Waals surface area (Å²) >= 11 is 0. The highest BCUT2D eigenvalue weighted by molar-refractivity contribution is 5.88. The van der Waals surface area contributed by atoms with Crippen LogP contribution in [-0.2, 0) is 9.59 Å². The highest BCUT2D eigenvalue weighted by atomic mass is 16.4. The van der Waals surface area contributed by atoms with Crippen LogP contribution in [0.15, 0.2) is 30.3 Å². The lowest BCUT2D eigenvalue weighted by atomic mass is 9.86. The van der Waals surface area contributed by atoms with Gasteiger partial charge in [0.05, 0.1) is 5.92 Å². The second-order valence-electron chi connectivity index (χ2n) is 5.78. The highest BCUT2D eigenvalue weighted by Crippen LogP contribution is 2.21. The molecule has 1 rings (SSSR count). The summed E-state index contributed by atoms with van der Waals surface area (Å²) in [6, 6.07) is 8.42. The number of nitrogens with one attached hydrogen (secondary N) is 1. The molecule has 0 bridgehead atoms. The van der Waals surface area contributed by atoms with Crippen molar-refractivity contribution in [3.8, 4) is 0 Å². The summed E-state index contributed by atoms with van der Waals surface area (Å²) in [5.74, 6) is -1.65. The van der Waals surface area contributed by atoms with E-state index >= 15 is 0 Å². The molecule has 0 saturated carbocycles. The third kappa shape index (κ3) is 4.09. The Balaban J connectivity index is 2.81. The standard InChI is InChI=1S/C15H21NO3/c1-10(11-8-6-5-7-9-11)13(17)16-12(14(18)19)15(2,3)4/h5-10,12H,1-4H3,(H,16,17)(H,18,19)/t10?,12-/m0/s1. The van der Waals surface area contributed by atoms with Crippen molar-refractivity contribution in [2.75, 3.05) is 0 Å². The van der Waals surface area contributed by atoms with Gasteiger partial charge in [0.15, 0.2) is 0 Å². The second-order valence-corrected chi connectivity index (χ2v) is 5.78. The Morgan fingerprint density at radius 3 is 2.11 bits per heavy atom. The highest BCUT2D eigenvalue weighted by Gasteiger charge is 2.33. The van der Waals surface area contributed by atoms with Crippen LogP contribution in [-0.4, -0.2) is 23.0 Å². The van der Waals surface area contributed by atoms with Gasteiger partial charge in [-0.2, -0.15) is 0 Å². The predicted molar refractivity (Wildman–Crippen MR) is 73.9 cm³/mol. The van der Waals surface area contributed by atoms with Gasteiger partial charge in [0, 0.05) is 0 Å². The molecular weight excluding hydrogens is 242 g/mol. The molecule has 1 aromatic rings. The van der Waals surface area contributed by atoms with Crippen LogP contribution in [0.25, 0.3) is 0 Å². The first-order valence-corrected chi connectivity index (χ1v) is 6.31. The van der Waals surface area contributed by atoms with E-state index in [-0.39, 0.29) is 11.8 Å². The molecule has 104 valence electrons. The van der Waals surface area contributed by atoms with E-state index in [4.69, 9.17) is 0 Å². The van der Waals surface area contributed by atoms with Crippen LogP contribution < -0.4 is 5.32 Å². The summed E-state index contributed by atoms with van der Waals surface area (Å²) in [7, 11) is 0. The fourth-order valence-corrected chi connectivity index (χ4v) is 1.81. The monoisotopic (exact) mass is 263 g/mol. The van der Waals surface area contributed by atoms with Crippen LogP contribution in [0.5, 0.6) is 0 Å². The molecule has 19 heavy (non-hydrogen) atoms. The number of aliphatic carboxylic acids is 1. The number of carbonyl (C=O) groups excluding carboxylic acids is 1. The molecule has 0 heterocycles. The van der Waals surface area contributed by atoms with Crippen molar-refractivity contribution in [3.05, 3.63) is 35.9 Å². The van der Waals surface area contributed by atoms with Crippen LogP contribution in [0, 0.1) is 5.41 Å². The number of benzene rings is 1. The molecule has 1 unspecified atom stereocenters. The lowest BCUT2D eigenvalue weighted by Gasteiger charge is -2.28. The quantitative estimate of drug-likeness (QED) is 0.876. The zero-order valence-electron chi connectivity index (χ0n) is 11.8. The van der Waals surface area contributed by atoms with Gasteiger partial charge in [-0.25, -0.2) is 4.79 Å². The number of carbonyl (C=O) groups is 2. The van der Waals surface area contributed by atoms with Crippen molar-refractivity contribution in [1.29, 1.82) is 0 Å². The summed E-state index contributed by atoms with van der Waals surface area (Å²) < 4.78 is 0. The van der Waals surface area contributed by atoms with Crippen LogP contribution in [0.4, 0.5) is 0 Å². The van der Waals surface area contributed by atoms with E-state index in [9.17, 15) is 14.7 Å². The van der Waals surface area contributed by atoms with E-state index < -0.39 is 17.4 Å². The van der Waals surface area contributed by atoms with Gasteiger partial charge in [0.1, 0.15) is 6.04 Å². The maximum absolute atomic E-state index is 12.1. The molecule has 0 aliphatic heterocycles. The van der Waals surface area contributed by atoms with E-state index in [0.717, 1.165) is 5.56 Å². The number of hydrogen-bond acceptors (Lipinski definition) is 2. The largest absolute Gasteiger partial charge is 0.480 e. The Morgan fingerprint density at radius 2 is 1.68 bits per heavy atom. The summed E-state index contributed by atoms with van der Waals surface area (Å²) in [4.78, 5) is 23.4. The number of hydrogen-bond donors (Lipinski definition) is 2. The third-order valence-corrected chi connectivity index (χ3v) is 3.09. The average Bonchev–Trinajstić information content (AvgIpc) is 2.34. The molecule has 2 N–H and O–H groups in total. The van der Waals surface area contributed by atoms with Crippen LogP contribution >= 0.6 is 0 Å². The summed E-state index contributed by atoms with van der Waals surface area (Å²) in [6.07, 6.45) is 0. The van der Waals surface area contributed by atoms with E-state index in [1.807, 2.05) is 30.3 Å². The van der Waals surface area contributed by atoms with E-state index in [1.165, 1.54) is 0 Å². The Morgan fingerprint density at radius 1 is 1.16 bits per heavy atom. The van der Waals surface area contributed by atoms with Crippen molar-refractivity contribution in [3.63, 3.8) is 0 Å². The van der Waals surface area contributed by atoms with E-state index in [1.54, 1.807) is 27.7 Å². The maximum atomic E-state index is 12.1. The zero-order chi connectivity index (χ0) is 14.6. The number of carboxylic acids is 1. The van der Waals surface area contributed by atoms with Crippen molar-refractivity contribution >= 4 is 11.9 Å². The molecule has 0 spiro atoms. The lowest BCUT2D eigenvalue weighted by Crippen LogP contribution is -2.50. The van der Waals surface area contributed by atoms with Crippen LogP contribution in [0.3, 0.4) is 0 Å². The molecule has 0 aliphatic carbocycles. The summed E-state index contributed by atoms with van der Waals surface area (Å²) in [6.45, 7) is 7.14. The average molecular weight is 263 g/mol. The van der Waals surface area contributed by atoms with Crippen molar-refractivity contribution in [1.82, 2.24) is 5.32 Å². The normalized spacial score (nSPS) is 14.5. The van der Waals surface area contributed by atoms with Crippen LogP contribution in [0.1, 0.15) is 39.2 Å².